The fraction of sp³-hybridized carbons (Fsp3) is 0.0526. The van der Waals surface area contributed by atoms with Crippen LogP contribution in [-0.2, 0) is 0 Å². The summed E-state index contributed by atoms with van der Waals surface area (Å²) in [6, 6.07) is 23.0. The van der Waals surface area contributed by atoms with Crippen LogP contribution in [0.25, 0.3) is 33.1 Å². The highest BCUT2D eigenvalue weighted by molar-refractivity contribution is 6.13. The topological polar surface area (TPSA) is 13.1 Å². The first kappa shape index (κ1) is 11.3. The van der Waals surface area contributed by atoms with Crippen molar-refractivity contribution in [1.29, 1.82) is 0 Å². The molecule has 0 atom stereocenters. The summed E-state index contributed by atoms with van der Waals surface area (Å²) < 4.78 is 6.00. The van der Waals surface area contributed by atoms with Crippen LogP contribution in [0, 0.1) is 6.92 Å². The normalized spacial score (nSPS) is 11.2. The molecule has 4 aromatic rings. The van der Waals surface area contributed by atoms with Crippen molar-refractivity contribution >= 4 is 21.9 Å². The average molecular weight is 258 g/mol. The Bertz CT molecular complexity index is 901. The molecule has 1 heteroatoms. The number of hydrogen-bond donors (Lipinski definition) is 0. The molecule has 0 saturated heterocycles. The second-order valence-electron chi connectivity index (χ2n) is 5.09. The summed E-state index contributed by atoms with van der Waals surface area (Å²) >= 11 is 0. The third-order valence-electron chi connectivity index (χ3n) is 3.82. The van der Waals surface area contributed by atoms with Crippen LogP contribution in [-0.4, -0.2) is 0 Å². The maximum absolute atomic E-state index is 6.00. The van der Waals surface area contributed by atoms with E-state index in [1.54, 1.807) is 0 Å². The van der Waals surface area contributed by atoms with Gasteiger partial charge in [0, 0.05) is 10.8 Å². The van der Waals surface area contributed by atoms with Crippen molar-refractivity contribution in [3.63, 3.8) is 0 Å². The van der Waals surface area contributed by atoms with E-state index in [0.29, 0.717) is 0 Å². The first-order valence-electron chi connectivity index (χ1n) is 6.81. The largest absolute Gasteiger partial charge is 0.456 e. The highest BCUT2D eigenvalue weighted by atomic mass is 16.3. The van der Waals surface area contributed by atoms with Gasteiger partial charge in [0.1, 0.15) is 11.2 Å². The molecule has 0 unspecified atom stereocenters. The summed E-state index contributed by atoms with van der Waals surface area (Å²) in [6.45, 7) is 2.14. The summed E-state index contributed by atoms with van der Waals surface area (Å²) in [7, 11) is 0. The fourth-order valence-corrected chi connectivity index (χ4v) is 2.90. The van der Waals surface area contributed by atoms with Crippen molar-refractivity contribution in [2.75, 3.05) is 0 Å². The van der Waals surface area contributed by atoms with Gasteiger partial charge in [-0.3, -0.25) is 0 Å². The van der Waals surface area contributed by atoms with Gasteiger partial charge in [0.2, 0.25) is 0 Å². The summed E-state index contributed by atoms with van der Waals surface area (Å²) in [5.41, 5.74) is 5.63. The molecule has 0 fully saturated rings. The molecule has 4 rings (SSSR count). The molecule has 0 N–H and O–H groups in total. The minimum Gasteiger partial charge on any atom is -0.456 e. The number of benzene rings is 3. The molecular formula is C19H14O. The Morgan fingerprint density at radius 3 is 2.15 bits per heavy atom. The summed E-state index contributed by atoms with van der Waals surface area (Å²) in [4.78, 5) is 0. The highest BCUT2D eigenvalue weighted by Gasteiger charge is 2.13. The molecule has 0 amide bonds. The minimum atomic E-state index is 0.954. The zero-order valence-corrected chi connectivity index (χ0v) is 11.3. The molecule has 0 spiro atoms. The molecule has 0 aliphatic heterocycles. The predicted molar refractivity (Wildman–Crippen MR) is 83.9 cm³/mol. The lowest BCUT2D eigenvalue weighted by Gasteiger charge is -2.04. The molecule has 96 valence electrons. The Hall–Kier alpha value is -2.54. The maximum Gasteiger partial charge on any atom is 0.136 e. The zero-order valence-electron chi connectivity index (χ0n) is 11.3. The lowest BCUT2D eigenvalue weighted by molar-refractivity contribution is 0.669. The molecule has 0 aliphatic rings. The van der Waals surface area contributed by atoms with Crippen LogP contribution >= 0.6 is 0 Å². The van der Waals surface area contributed by atoms with E-state index in [4.69, 9.17) is 4.42 Å². The van der Waals surface area contributed by atoms with E-state index in [1.807, 2.05) is 24.3 Å². The first-order chi connectivity index (χ1) is 9.84. The fourth-order valence-electron chi connectivity index (χ4n) is 2.90. The van der Waals surface area contributed by atoms with Gasteiger partial charge in [-0.1, -0.05) is 54.6 Å². The summed E-state index contributed by atoms with van der Waals surface area (Å²) in [5.74, 6) is 0. The minimum absolute atomic E-state index is 0.954. The Balaban J connectivity index is 2.20. The van der Waals surface area contributed by atoms with Crippen LogP contribution in [0.4, 0.5) is 0 Å². The number of aryl methyl sites for hydroxylation is 1. The third kappa shape index (κ3) is 1.56. The molecule has 1 heterocycles. The van der Waals surface area contributed by atoms with E-state index < -0.39 is 0 Å². The second kappa shape index (κ2) is 4.24. The van der Waals surface area contributed by atoms with E-state index in [0.717, 1.165) is 11.2 Å². The van der Waals surface area contributed by atoms with Crippen LogP contribution in [0.5, 0.6) is 0 Å². The lowest BCUT2D eigenvalue weighted by atomic mass is 9.98. The van der Waals surface area contributed by atoms with Crippen molar-refractivity contribution < 1.29 is 4.42 Å². The van der Waals surface area contributed by atoms with Gasteiger partial charge in [-0.2, -0.15) is 0 Å². The standard InChI is InChI=1S/C19H14O/c1-13-7-5-11-16-18(13)19-15(10-6-12-17(19)20-16)14-8-3-2-4-9-14/h2-12H,1H3. The van der Waals surface area contributed by atoms with Crippen LogP contribution in [0.1, 0.15) is 5.56 Å². The first-order valence-corrected chi connectivity index (χ1v) is 6.81. The van der Waals surface area contributed by atoms with Crippen LogP contribution in [0.3, 0.4) is 0 Å². The molecule has 3 aromatic carbocycles. The monoisotopic (exact) mass is 258 g/mol. The van der Waals surface area contributed by atoms with E-state index in [9.17, 15) is 0 Å². The Kier molecular flexibility index (Phi) is 2.40. The number of hydrogen-bond acceptors (Lipinski definition) is 1. The van der Waals surface area contributed by atoms with Gasteiger partial charge in [0.05, 0.1) is 0 Å². The second-order valence-corrected chi connectivity index (χ2v) is 5.09. The van der Waals surface area contributed by atoms with Gasteiger partial charge >= 0.3 is 0 Å². The third-order valence-corrected chi connectivity index (χ3v) is 3.82. The van der Waals surface area contributed by atoms with Crippen molar-refractivity contribution in [2.24, 2.45) is 0 Å². The quantitative estimate of drug-likeness (QED) is 0.435. The summed E-state index contributed by atoms with van der Waals surface area (Å²) in [6.07, 6.45) is 0. The Labute approximate surface area is 117 Å². The molecule has 0 radical (unpaired) electrons. The van der Waals surface area contributed by atoms with Crippen LogP contribution < -0.4 is 0 Å². The number of fused-ring (bicyclic) bond motifs is 3. The van der Waals surface area contributed by atoms with E-state index in [1.165, 1.54) is 27.5 Å². The number of rotatable bonds is 1. The van der Waals surface area contributed by atoms with Gasteiger partial charge in [0.15, 0.2) is 0 Å². The van der Waals surface area contributed by atoms with Crippen molar-refractivity contribution in [3.8, 4) is 11.1 Å². The lowest BCUT2D eigenvalue weighted by Crippen LogP contribution is -1.80. The Morgan fingerprint density at radius 1 is 0.650 bits per heavy atom. The zero-order chi connectivity index (χ0) is 13.5. The van der Waals surface area contributed by atoms with E-state index in [-0.39, 0.29) is 0 Å². The summed E-state index contributed by atoms with van der Waals surface area (Å²) in [5, 5.41) is 2.44. The van der Waals surface area contributed by atoms with Gasteiger partial charge in [-0.05, 0) is 35.7 Å². The molecule has 1 nitrogen and oxygen atoms in total. The SMILES string of the molecule is Cc1cccc2oc3cccc(-c4ccccc4)c3c12. The Morgan fingerprint density at radius 2 is 1.35 bits per heavy atom. The molecule has 0 bridgehead atoms. The highest BCUT2D eigenvalue weighted by Crippen LogP contribution is 2.37. The van der Waals surface area contributed by atoms with Crippen molar-refractivity contribution in [2.45, 2.75) is 6.92 Å². The van der Waals surface area contributed by atoms with Crippen LogP contribution in [0.15, 0.2) is 71.1 Å². The van der Waals surface area contributed by atoms with Crippen molar-refractivity contribution in [1.82, 2.24) is 0 Å². The number of furan rings is 1. The molecule has 20 heavy (non-hydrogen) atoms. The van der Waals surface area contributed by atoms with E-state index >= 15 is 0 Å². The van der Waals surface area contributed by atoms with Crippen molar-refractivity contribution in [3.05, 3.63) is 72.3 Å². The van der Waals surface area contributed by atoms with Gasteiger partial charge < -0.3 is 4.42 Å². The molecular weight excluding hydrogens is 244 g/mol. The van der Waals surface area contributed by atoms with Crippen LogP contribution in [0.2, 0.25) is 0 Å². The smallest absolute Gasteiger partial charge is 0.136 e. The molecule has 1 aromatic heterocycles. The maximum atomic E-state index is 6.00. The van der Waals surface area contributed by atoms with E-state index in [2.05, 4.69) is 49.4 Å². The van der Waals surface area contributed by atoms with Gasteiger partial charge in [-0.15, -0.1) is 0 Å². The molecule has 0 aliphatic carbocycles. The predicted octanol–water partition coefficient (Wildman–Crippen LogP) is 5.56. The van der Waals surface area contributed by atoms with Gasteiger partial charge in [0.25, 0.3) is 0 Å². The average Bonchev–Trinajstić information content (AvgIpc) is 2.88. The molecule has 0 saturated carbocycles. The van der Waals surface area contributed by atoms with Gasteiger partial charge in [-0.25, -0.2) is 0 Å².